The molecule has 0 saturated heterocycles. The van der Waals surface area contributed by atoms with E-state index in [1.165, 1.54) is 20.9 Å². The van der Waals surface area contributed by atoms with Crippen LogP contribution in [0, 0.1) is 13.8 Å². The second-order valence-electron chi connectivity index (χ2n) is 5.74. The minimum atomic E-state index is -0.0777. The van der Waals surface area contributed by atoms with E-state index in [2.05, 4.69) is 19.2 Å². The molecule has 2 aliphatic heterocycles. The molecule has 2 aromatic rings. The van der Waals surface area contributed by atoms with Crippen LogP contribution in [-0.2, 0) is 10.5 Å². The first-order valence-electron chi connectivity index (χ1n) is 7.76. The van der Waals surface area contributed by atoms with Crippen molar-refractivity contribution in [2.45, 2.75) is 19.6 Å². The number of thioether (sulfide) groups is 1. The third-order valence-electron chi connectivity index (χ3n) is 4.20. The van der Waals surface area contributed by atoms with E-state index < -0.39 is 0 Å². The quantitative estimate of drug-likeness (QED) is 0.865. The van der Waals surface area contributed by atoms with Crippen LogP contribution in [-0.4, -0.2) is 19.1 Å². The Balaban J connectivity index is 1.54. The molecule has 124 valence electrons. The number of hydrogen-bond donors (Lipinski definition) is 1. The van der Waals surface area contributed by atoms with E-state index in [0.29, 0.717) is 19.0 Å². The van der Waals surface area contributed by atoms with Gasteiger partial charge in [-0.15, -0.1) is 23.1 Å². The molecule has 24 heavy (non-hydrogen) atoms. The summed E-state index contributed by atoms with van der Waals surface area (Å²) < 4.78 is 11.1. The summed E-state index contributed by atoms with van der Waals surface area (Å²) in [5.41, 5.74) is 3.43. The molecule has 4 nitrogen and oxygen atoms in total. The lowest BCUT2D eigenvalue weighted by Gasteiger charge is -2.19. The van der Waals surface area contributed by atoms with Crippen molar-refractivity contribution in [1.82, 2.24) is 0 Å². The fraction of sp³-hybridized carbons (Fsp3) is 0.278. The van der Waals surface area contributed by atoms with Crippen LogP contribution in [0.5, 0.6) is 11.5 Å². The molecule has 0 unspecified atom stereocenters. The molecule has 0 atom stereocenters. The molecule has 0 saturated carbocycles. The van der Waals surface area contributed by atoms with Gasteiger partial charge in [0.25, 0.3) is 5.91 Å². The number of ether oxygens (including phenoxy) is 2. The van der Waals surface area contributed by atoms with E-state index in [0.717, 1.165) is 22.1 Å². The summed E-state index contributed by atoms with van der Waals surface area (Å²) in [4.78, 5) is 15.8. The summed E-state index contributed by atoms with van der Waals surface area (Å²) in [5, 5.41) is 2.96. The van der Waals surface area contributed by atoms with E-state index in [-0.39, 0.29) is 5.91 Å². The minimum Gasteiger partial charge on any atom is -0.486 e. The summed E-state index contributed by atoms with van der Waals surface area (Å²) in [7, 11) is 0. The summed E-state index contributed by atoms with van der Waals surface area (Å²) in [6.07, 6.45) is 2.00. The lowest BCUT2D eigenvalue weighted by molar-refractivity contribution is -0.112. The van der Waals surface area contributed by atoms with Crippen LogP contribution in [0.4, 0.5) is 5.69 Å². The van der Waals surface area contributed by atoms with Gasteiger partial charge in [0.1, 0.15) is 13.2 Å². The van der Waals surface area contributed by atoms with Crippen molar-refractivity contribution in [2.75, 3.05) is 18.5 Å². The first-order chi connectivity index (χ1) is 11.6. The van der Waals surface area contributed by atoms with Gasteiger partial charge in [0.05, 0.1) is 4.91 Å². The normalized spacial score (nSPS) is 15.5. The standard InChI is InChI=1S/C18H17NO3S2/c1-10-11(2)24-16-8-17(23-9-13(10)16)18(20)19-12-3-4-14-15(7-12)22-6-5-21-14/h3-4,7-8H,5-6,9H2,1-2H3,(H,19,20). The second-order valence-corrected chi connectivity index (χ2v) is 8.01. The van der Waals surface area contributed by atoms with E-state index in [1.54, 1.807) is 23.1 Å². The van der Waals surface area contributed by atoms with Gasteiger partial charge in [0.15, 0.2) is 11.5 Å². The van der Waals surface area contributed by atoms with Gasteiger partial charge in [-0.1, -0.05) is 0 Å². The Bertz CT molecular complexity index is 854. The monoisotopic (exact) mass is 359 g/mol. The number of thiophene rings is 1. The Hall–Kier alpha value is -1.92. The molecule has 3 heterocycles. The number of fused-ring (bicyclic) bond motifs is 2. The molecular weight excluding hydrogens is 342 g/mol. The van der Waals surface area contributed by atoms with E-state index in [9.17, 15) is 4.79 Å². The van der Waals surface area contributed by atoms with Crippen LogP contribution in [0.1, 0.15) is 20.9 Å². The molecule has 4 rings (SSSR count). The van der Waals surface area contributed by atoms with E-state index >= 15 is 0 Å². The van der Waals surface area contributed by atoms with Gasteiger partial charge in [-0.05, 0) is 43.2 Å². The molecular formula is C18H17NO3S2. The van der Waals surface area contributed by atoms with Gasteiger partial charge in [0.2, 0.25) is 0 Å². The fourth-order valence-corrected chi connectivity index (χ4v) is 5.10. The predicted octanol–water partition coefficient (Wildman–Crippen LogP) is 4.36. The molecule has 1 aromatic heterocycles. The highest BCUT2D eigenvalue weighted by Gasteiger charge is 2.21. The average molecular weight is 359 g/mol. The predicted molar refractivity (Wildman–Crippen MR) is 99.1 cm³/mol. The molecule has 0 spiro atoms. The average Bonchev–Trinajstić information content (AvgIpc) is 2.88. The van der Waals surface area contributed by atoms with Crippen molar-refractivity contribution in [3.05, 3.63) is 44.0 Å². The lowest BCUT2D eigenvalue weighted by atomic mass is 10.1. The number of aryl methyl sites for hydroxylation is 1. The van der Waals surface area contributed by atoms with Gasteiger partial charge in [-0.3, -0.25) is 4.79 Å². The van der Waals surface area contributed by atoms with Crippen molar-refractivity contribution in [1.29, 1.82) is 0 Å². The minimum absolute atomic E-state index is 0.0777. The zero-order valence-electron chi connectivity index (χ0n) is 13.5. The van der Waals surface area contributed by atoms with Crippen LogP contribution in [0.3, 0.4) is 0 Å². The second kappa shape index (κ2) is 6.18. The first-order valence-corrected chi connectivity index (χ1v) is 9.56. The number of hydrogen-bond acceptors (Lipinski definition) is 5. The molecule has 0 fully saturated rings. The Morgan fingerprint density at radius 3 is 2.79 bits per heavy atom. The fourth-order valence-electron chi connectivity index (χ4n) is 2.75. The first kappa shape index (κ1) is 15.6. The van der Waals surface area contributed by atoms with Gasteiger partial charge < -0.3 is 14.8 Å². The number of nitrogens with one attached hydrogen (secondary N) is 1. The molecule has 0 radical (unpaired) electrons. The Morgan fingerprint density at radius 2 is 1.96 bits per heavy atom. The van der Waals surface area contributed by atoms with Crippen molar-refractivity contribution < 1.29 is 14.3 Å². The Labute approximate surface area is 148 Å². The molecule has 1 amide bonds. The smallest absolute Gasteiger partial charge is 0.262 e. The summed E-state index contributed by atoms with van der Waals surface area (Å²) in [6, 6.07) is 5.48. The van der Waals surface area contributed by atoms with Gasteiger partial charge in [-0.25, -0.2) is 0 Å². The highest BCUT2D eigenvalue weighted by Crippen LogP contribution is 2.40. The maximum absolute atomic E-state index is 12.6. The van der Waals surface area contributed by atoms with Crippen LogP contribution in [0.2, 0.25) is 0 Å². The Kier molecular flexibility index (Phi) is 4.02. The van der Waals surface area contributed by atoms with Crippen LogP contribution < -0.4 is 14.8 Å². The molecule has 0 bridgehead atoms. The van der Waals surface area contributed by atoms with E-state index in [1.807, 2.05) is 24.3 Å². The molecule has 0 aliphatic carbocycles. The number of anilines is 1. The van der Waals surface area contributed by atoms with Gasteiger partial charge in [0, 0.05) is 27.3 Å². The van der Waals surface area contributed by atoms with Crippen molar-refractivity contribution >= 4 is 40.8 Å². The van der Waals surface area contributed by atoms with Gasteiger partial charge >= 0.3 is 0 Å². The van der Waals surface area contributed by atoms with Crippen LogP contribution in [0.25, 0.3) is 6.08 Å². The molecule has 6 heteroatoms. The molecule has 1 N–H and O–H groups in total. The van der Waals surface area contributed by atoms with E-state index in [4.69, 9.17) is 9.47 Å². The molecule has 2 aliphatic rings. The van der Waals surface area contributed by atoms with Crippen molar-refractivity contribution in [3.63, 3.8) is 0 Å². The van der Waals surface area contributed by atoms with Crippen LogP contribution >= 0.6 is 23.1 Å². The van der Waals surface area contributed by atoms with Crippen molar-refractivity contribution in [2.24, 2.45) is 0 Å². The number of benzene rings is 1. The topological polar surface area (TPSA) is 47.6 Å². The van der Waals surface area contributed by atoms with Crippen molar-refractivity contribution in [3.8, 4) is 11.5 Å². The largest absolute Gasteiger partial charge is 0.486 e. The third kappa shape index (κ3) is 2.80. The molecule has 1 aromatic carbocycles. The highest BCUT2D eigenvalue weighted by molar-refractivity contribution is 8.03. The summed E-state index contributed by atoms with van der Waals surface area (Å²) in [5.74, 6) is 2.17. The number of carbonyl (C=O) groups excluding carboxylic acids is 1. The zero-order valence-corrected chi connectivity index (χ0v) is 15.1. The number of carbonyl (C=O) groups is 1. The lowest BCUT2D eigenvalue weighted by Crippen LogP contribution is -2.17. The number of rotatable bonds is 2. The van der Waals surface area contributed by atoms with Gasteiger partial charge in [-0.2, -0.15) is 0 Å². The third-order valence-corrected chi connectivity index (χ3v) is 6.44. The summed E-state index contributed by atoms with van der Waals surface area (Å²) >= 11 is 3.35. The maximum Gasteiger partial charge on any atom is 0.262 e. The summed E-state index contributed by atoms with van der Waals surface area (Å²) in [6.45, 7) is 5.38. The van der Waals surface area contributed by atoms with Crippen LogP contribution in [0.15, 0.2) is 23.1 Å². The zero-order chi connectivity index (χ0) is 16.7. The maximum atomic E-state index is 12.6. The Morgan fingerprint density at radius 1 is 1.17 bits per heavy atom. The number of amides is 1. The highest BCUT2D eigenvalue weighted by atomic mass is 32.2. The SMILES string of the molecule is Cc1sc2c(c1C)CSC(C(=O)Nc1ccc3c(c1)OCCO3)=C2.